The molecule has 4 rings (SSSR count). The fraction of sp³-hybridized carbons (Fsp3) is 0.174. The number of methoxy groups -OCH3 is 1. The number of carbonyl (C=O) groups excluding carboxylic acids is 1. The van der Waals surface area contributed by atoms with E-state index in [0.717, 1.165) is 27.9 Å². The summed E-state index contributed by atoms with van der Waals surface area (Å²) in [4.78, 5) is 15.0. The fourth-order valence-corrected chi connectivity index (χ4v) is 3.25. The smallest absolute Gasteiger partial charge is 0.244 e. The lowest BCUT2D eigenvalue weighted by molar-refractivity contribution is -0.133. The van der Waals surface area contributed by atoms with Crippen LogP contribution < -0.4 is 4.74 Å². The van der Waals surface area contributed by atoms with Crippen LogP contribution in [0.25, 0.3) is 11.0 Å². The summed E-state index contributed by atoms with van der Waals surface area (Å²) in [6, 6.07) is 25.4. The minimum Gasteiger partial charge on any atom is -0.497 e. The Hall–Kier alpha value is -3.67. The van der Waals surface area contributed by atoms with E-state index in [0.29, 0.717) is 13.1 Å². The van der Waals surface area contributed by atoms with Crippen molar-refractivity contribution in [3.8, 4) is 5.75 Å². The Bertz CT molecular complexity index is 1090. The maximum absolute atomic E-state index is 13.2. The lowest BCUT2D eigenvalue weighted by Gasteiger charge is -2.23. The maximum Gasteiger partial charge on any atom is 0.244 e. The molecule has 1 heterocycles. The predicted octanol–water partition coefficient (Wildman–Crippen LogP) is 3.67. The summed E-state index contributed by atoms with van der Waals surface area (Å²) < 4.78 is 6.89. The third kappa shape index (κ3) is 4.43. The van der Waals surface area contributed by atoms with Crippen LogP contribution in [0.1, 0.15) is 11.1 Å². The Morgan fingerprint density at radius 1 is 0.897 bits per heavy atom. The van der Waals surface area contributed by atoms with Crippen molar-refractivity contribution < 1.29 is 9.53 Å². The second kappa shape index (κ2) is 8.56. The monoisotopic (exact) mass is 386 g/mol. The Morgan fingerprint density at radius 3 is 2.28 bits per heavy atom. The van der Waals surface area contributed by atoms with Crippen molar-refractivity contribution in [2.75, 3.05) is 7.11 Å². The molecule has 0 spiro atoms. The van der Waals surface area contributed by atoms with E-state index in [1.165, 1.54) is 0 Å². The molecular formula is C23H22N4O2. The number of para-hydroxylation sites is 1. The second-order valence-electron chi connectivity index (χ2n) is 6.82. The molecule has 4 aromatic rings. The van der Waals surface area contributed by atoms with Gasteiger partial charge in [-0.1, -0.05) is 59.8 Å². The van der Waals surface area contributed by atoms with E-state index in [4.69, 9.17) is 4.74 Å². The predicted molar refractivity (Wildman–Crippen MR) is 111 cm³/mol. The number of hydrogen-bond donors (Lipinski definition) is 0. The van der Waals surface area contributed by atoms with Crippen LogP contribution in [0, 0.1) is 0 Å². The number of hydrogen-bond acceptors (Lipinski definition) is 4. The van der Waals surface area contributed by atoms with Crippen molar-refractivity contribution in [1.29, 1.82) is 0 Å². The van der Waals surface area contributed by atoms with Gasteiger partial charge in [-0.3, -0.25) is 4.79 Å². The SMILES string of the molecule is COc1ccc(CN(Cc2ccccc2)C(=O)Cn2nnc3ccccc32)cc1. The number of benzene rings is 3. The van der Waals surface area contributed by atoms with E-state index in [1.54, 1.807) is 11.8 Å². The summed E-state index contributed by atoms with van der Waals surface area (Å²) in [6.07, 6.45) is 0. The topological polar surface area (TPSA) is 60.2 Å². The summed E-state index contributed by atoms with van der Waals surface area (Å²) in [7, 11) is 1.64. The third-order valence-electron chi connectivity index (χ3n) is 4.81. The van der Waals surface area contributed by atoms with Gasteiger partial charge < -0.3 is 9.64 Å². The molecule has 1 aromatic heterocycles. The van der Waals surface area contributed by atoms with Gasteiger partial charge in [-0.15, -0.1) is 5.10 Å². The van der Waals surface area contributed by atoms with Crippen molar-refractivity contribution in [3.63, 3.8) is 0 Å². The molecule has 0 aliphatic heterocycles. The molecule has 0 saturated carbocycles. The van der Waals surface area contributed by atoms with Gasteiger partial charge in [-0.25, -0.2) is 4.68 Å². The number of amides is 1. The third-order valence-corrected chi connectivity index (χ3v) is 4.81. The molecule has 0 N–H and O–H groups in total. The average molecular weight is 386 g/mol. The molecule has 1 amide bonds. The van der Waals surface area contributed by atoms with Gasteiger partial charge in [-0.2, -0.15) is 0 Å². The molecule has 0 aliphatic rings. The molecule has 6 heteroatoms. The molecule has 146 valence electrons. The molecule has 0 saturated heterocycles. The Balaban J connectivity index is 1.56. The van der Waals surface area contributed by atoms with Crippen LogP contribution in [-0.2, 0) is 24.4 Å². The minimum absolute atomic E-state index is 0.0136. The van der Waals surface area contributed by atoms with Crippen LogP contribution in [0.5, 0.6) is 5.75 Å². The Labute approximate surface area is 169 Å². The molecule has 0 unspecified atom stereocenters. The highest BCUT2D eigenvalue weighted by Crippen LogP contribution is 2.16. The number of carbonyl (C=O) groups is 1. The van der Waals surface area contributed by atoms with E-state index < -0.39 is 0 Å². The molecule has 29 heavy (non-hydrogen) atoms. The molecule has 6 nitrogen and oxygen atoms in total. The van der Waals surface area contributed by atoms with Crippen molar-refractivity contribution in [2.24, 2.45) is 0 Å². The zero-order valence-electron chi connectivity index (χ0n) is 16.2. The molecule has 0 radical (unpaired) electrons. The lowest BCUT2D eigenvalue weighted by atomic mass is 10.1. The Morgan fingerprint density at radius 2 is 1.55 bits per heavy atom. The van der Waals surface area contributed by atoms with Gasteiger partial charge in [0.2, 0.25) is 5.91 Å². The summed E-state index contributed by atoms with van der Waals surface area (Å²) in [5.74, 6) is 0.782. The highest BCUT2D eigenvalue weighted by molar-refractivity contribution is 5.79. The van der Waals surface area contributed by atoms with Gasteiger partial charge in [0.05, 0.1) is 12.6 Å². The van der Waals surface area contributed by atoms with Crippen LogP contribution >= 0.6 is 0 Å². The largest absolute Gasteiger partial charge is 0.497 e. The number of aromatic nitrogens is 3. The molecule has 0 fully saturated rings. The van der Waals surface area contributed by atoms with Crippen LogP contribution in [-0.4, -0.2) is 32.9 Å². The molecule has 0 atom stereocenters. The first kappa shape index (κ1) is 18.7. The van der Waals surface area contributed by atoms with Crippen molar-refractivity contribution in [1.82, 2.24) is 19.9 Å². The summed E-state index contributed by atoms with van der Waals surface area (Å²) in [5, 5.41) is 8.30. The number of nitrogens with zero attached hydrogens (tertiary/aromatic N) is 4. The number of fused-ring (bicyclic) bond motifs is 1. The summed E-state index contributed by atoms with van der Waals surface area (Å²) >= 11 is 0. The number of ether oxygens (including phenoxy) is 1. The van der Waals surface area contributed by atoms with Gasteiger partial charge >= 0.3 is 0 Å². The summed E-state index contributed by atoms with van der Waals surface area (Å²) in [5.41, 5.74) is 3.76. The lowest BCUT2D eigenvalue weighted by Crippen LogP contribution is -2.33. The van der Waals surface area contributed by atoms with E-state index in [9.17, 15) is 4.79 Å². The zero-order chi connectivity index (χ0) is 20.1. The van der Waals surface area contributed by atoms with Crippen LogP contribution in [0.4, 0.5) is 0 Å². The maximum atomic E-state index is 13.2. The first-order chi connectivity index (χ1) is 14.2. The van der Waals surface area contributed by atoms with Crippen LogP contribution in [0.15, 0.2) is 78.9 Å². The van der Waals surface area contributed by atoms with Gasteiger partial charge in [0.15, 0.2) is 0 Å². The quantitative estimate of drug-likeness (QED) is 0.486. The molecule has 3 aromatic carbocycles. The van der Waals surface area contributed by atoms with Crippen molar-refractivity contribution in [2.45, 2.75) is 19.6 Å². The first-order valence-corrected chi connectivity index (χ1v) is 9.46. The standard InChI is InChI=1S/C23H22N4O2/c1-29-20-13-11-19(12-14-20)16-26(15-18-7-3-2-4-8-18)23(28)17-27-22-10-6-5-9-21(22)24-25-27/h2-14H,15-17H2,1H3. The second-order valence-corrected chi connectivity index (χ2v) is 6.82. The summed E-state index contributed by atoms with van der Waals surface area (Å²) in [6.45, 7) is 1.17. The molecular weight excluding hydrogens is 364 g/mol. The zero-order valence-corrected chi connectivity index (χ0v) is 16.2. The van der Waals surface area contributed by atoms with Gasteiger partial charge in [0.1, 0.15) is 17.8 Å². The van der Waals surface area contributed by atoms with Crippen molar-refractivity contribution in [3.05, 3.63) is 90.0 Å². The Kier molecular flexibility index (Phi) is 5.52. The van der Waals surface area contributed by atoms with E-state index in [2.05, 4.69) is 10.3 Å². The van der Waals surface area contributed by atoms with Gasteiger partial charge in [-0.05, 0) is 35.4 Å². The van der Waals surface area contributed by atoms with E-state index in [1.807, 2.05) is 83.8 Å². The highest BCUT2D eigenvalue weighted by Gasteiger charge is 2.17. The fourth-order valence-electron chi connectivity index (χ4n) is 3.25. The molecule has 0 bridgehead atoms. The van der Waals surface area contributed by atoms with Gasteiger partial charge in [0, 0.05) is 13.1 Å². The van der Waals surface area contributed by atoms with Crippen molar-refractivity contribution >= 4 is 16.9 Å². The van der Waals surface area contributed by atoms with E-state index in [-0.39, 0.29) is 12.5 Å². The van der Waals surface area contributed by atoms with Crippen LogP contribution in [0.2, 0.25) is 0 Å². The van der Waals surface area contributed by atoms with Crippen LogP contribution in [0.3, 0.4) is 0 Å². The minimum atomic E-state index is -0.0136. The van der Waals surface area contributed by atoms with Gasteiger partial charge in [0.25, 0.3) is 0 Å². The first-order valence-electron chi connectivity index (χ1n) is 9.46. The normalized spacial score (nSPS) is 10.8. The van der Waals surface area contributed by atoms with E-state index >= 15 is 0 Å². The number of rotatable bonds is 7. The molecule has 0 aliphatic carbocycles. The average Bonchev–Trinajstić information content (AvgIpc) is 3.17. The highest BCUT2D eigenvalue weighted by atomic mass is 16.5.